The van der Waals surface area contributed by atoms with Gasteiger partial charge in [0, 0.05) is 43.8 Å². The molecule has 17 heavy (non-hydrogen) atoms. The zero-order chi connectivity index (χ0) is 13.1. The van der Waals surface area contributed by atoms with E-state index in [1.165, 1.54) is 6.54 Å². The van der Waals surface area contributed by atoms with Gasteiger partial charge in [-0.25, -0.2) is 0 Å². The first-order chi connectivity index (χ1) is 7.86. The van der Waals surface area contributed by atoms with E-state index in [0.717, 1.165) is 25.3 Å². The lowest BCUT2D eigenvalue weighted by Gasteiger charge is -2.49. The van der Waals surface area contributed by atoms with E-state index in [9.17, 15) is 0 Å². The van der Waals surface area contributed by atoms with Gasteiger partial charge in [-0.1, -0.05) is 13.1 Å². The van der Waals surface area contributed by atoms with Crippen LogP contribution in [-0.2, 0) is 0 Å². The van der Waals surface area contributed by atoms with Crippen LogP contribution in [0.1, 0.15) is 27.2 Å². The molecule has 0 radical (unpaired) electrons. The van der Waals surface area contributed by atoms with Crippen LogP contribution in [0.5, 0.6) is 0 Å². The zero-order valence-electron chi connectivity index (χ0n) is 12.0. The van der Waals surface area contributed by atoms with Gasteiger partial charge >= 0.3 is 0 Å². The minimum atomic E-state index is -0.681. The van der Waals surface area contributed by atoms with Crippen molar-refractivity contribution in [3.63, 3.8) is 0 Å². The number of rotatable bonds is 3. The van der Waals surface area contributed by atoms with Crippen molar-refractivity contribution in [2.24, 2.45) is 0 Å². The summed E-state index contributed by atoms with van der Waals surface area (Å²) in [7, 11) is -0.681. The topological polar surface area (TPSA) is 30.3 Å². The summed E-state index contributed by atoms with van der Waals surface area (Å²) in [6, 6.07) is 2.26. The molecule has 1 saturated heterocycles. The Morgan fingerprint density at radius 1 is 1.29 bits per heavy atom. The summed E-state index contributed by atoms with van der Waals surface area (Å²) >= 11 is 0. The number of piperazine rings is 1. The fourth-order valence-corrected chi connectivity index (χ4v) is 4.72. The molecule has 0 aromatic rings. The second-order valence-corrected chi connectivity index (χ2v) is 9.64. The average molecular weight is 253 g/mol. The summed E-state index contributed by atoms with van der Waals surface area (Å²) in [5, 5.41) is 8.67. The Morgan fingerprint density at radius 2 is 1.94 bits per heavy atom. The molecular weight excluding hydrogens is 226 g/mol. The van der Waals surface area contributed by atoms with Crippen LogP contribution in [0.2, 0.25) is 13.1 Å². The molecule has 1 aliphatic heterocycles. The van der Waals surface area contributed by atoms with E-state index in [1.807, 2.05) is 0 Å². The predicted octanol–water partition coefficient (Wildman–Crippen LogP) is 1.71. The molecule has 0 aliphatic carbocycles. The first-order valence-electron chi connectivity index (χ1n) is 6.72. The molecule has 1 unspecified atom stereocenters. The van der Waals surface area contributed by atoms with Crippen molar-refractivity contribution in [2.75, 3.05) is 26.2 Å². The van der Waals surface area contributed by atoms with Crippen LogP contribution in [0.3, 0.4) is 0 Å². The molecule has 0 aromatic heterocycles. The molecule has 0 saturated carbocycles. The van der Waals surface area contributed by atoms with Crippen LogP contribution < -0.4 is 0 Å². The lowest BCUT2D eigenvalue weighted by Crippen LogP contribution is -2.63. The van der Waals surface area contributed by atoms with Gasteiger partial charge in [0.05, 0.1) is 14.9 Å². The zero-order valence-corrected chi connectivity index (χ0v) is 13.2. The SMILES string of the molecule is C[SiH](C)C1CN(CCC#N)CCN1C(C)(C)C. The third kappa shape index (κ3) is 4.09. The maximum absolute atomic E-state index is 8.67. The third-order valence-corrected chi connectivity index (χ3v) is 5.78. The second kappa shape index (κ2) is 5.99. The fraction of sp³-hybridized carbons (Fsp3) is 0.923. The van der Waals surface area contributed by atoms with Gasteiger partial charge in [0.15, 0.2) is 0 Å². The van der Waals surface area contributed by atoms with E-state index >= 15 is 0 Å². The van der Waals surface area contributed by atoms with E-state index < -0.39 is 8.80 Å². The van der Waals surface area contributed by atoms with Gasteiger partial charge in [-0.15, -0.1) is 0 Å². The molecule has 0 amide bonds. The van der Waals surface area contributed by atoms with Gasteiger partial charge in [0.25, 0.3) is 0 Å². The molecule has 4 heteroatoms. The highest BCUT2D eigenvalue weighted by molar-refractivity contribution is 6.57. The summed E-state index contributed by atoms with van der Waals surface area (Å²) in [6.45, 7) is 16.2. The van der Waals surface area contributed by atoms with E-state index in [1.54, 1.807) is 0 Å². The number of hydrogen-bond acceptors (Lipinski definition) is 3. The Labute approximate surface area is 108 Å². The molecule has 0 N–H and O–H groups in total. The van der Waals surface area contributed by atoms with Crippen LogP contribution in [0, 0.1) is 11.3 Å². The lowest BCUT2D eigenvalue weighted by atomic mass is 10.0. The van der Waals surface area contributed by atoms with Crippen molar-refractivity contribution in [2.45, 2.75) is 51.5 Å². The van der Waals surface area contributed by atoms with Crippen molar-refractivity contribution in [1.82, 2.24) is 9.80 Å². The van der Waals surface area contributed by atoms with Gasteiger partial charge in [-0.2, -0.15) is 5.26 Å². The Balaban J connectivity index is 2.65. The van der Waals surface area contributed by atoms with E-state index in [4.69, 9.17) is 5.26 Å². The molecule has 0 spiro atoms. The maximum Gasteiger partial charge on any atom is 0.0635 e. The first kappa shape index (κ1) is 14.7. The summed E-state index contributed by atoms with van der Waals surface area (Å²) in [4.78, 5) is 5.16. The molecule has 1 atom stereocenters. The Kier molecular flexibility index (Phi) is 5.17. The molecular formula is C13H27N3Si. The first-order valence-corrected chi connectivity index (χ1v) is 9.70. The number of nitriles is 1. The molecule has 3 nitrogen and oxygen atoms in total. The minimum absolute atomic E-state index is 0.281. The lowest BCUT2D eigenvalue weighted by molar-refractivity contribution is 0.0418. The normalized spacial score (nSPS) is 23.9. The van der Waals surface area contributed by atoms with E-state index in [2.05, 4.69) is 49.7 Å². The van der Waals surface area contributed by atoms with Gasteiger partial charge in [0.1, 0.15) is 0 Å². The summed E-state index contributed by atoms with van der Waals surface area (Å²) in [6.07, 6.45) is 0.669. The molecule has 1 fully saturated rings. The molecule has 98 valence electrons. The highest BCUT2D eigenvalue weighted by Crippen LogP contribution is 2.22. The highest BCUT2D eigenvalue weighted by atomic mass is 28.3. The van der Waals surface area contributed by atoms with Crippen LogP contribution in [0.4, 0.5) is 0 Å². The summed E-state index contributed by atoms with van der Waals surface area (Å²) in [5.74, 6) is 0. The van der Waals surface area contributed by atoms with Gasteiger partial charge in [-0.05, 0) is 20.8 Å². The largest absolute Gasteiger partial charge is 0.300 e. The van der Waals surface area contributed by atoms with Gasteiger partial charge < -0.3 is 0 Å². The van der Waals surface area contributed by atoms with Gasteiger partial charge in [0.2, 0.25) is 0 Å². The summed E-state index contributed by atoms with van der Waals surface area (Å²) < 4.78 is 0. The minimum Gasteiger partial charge on any atom is -0.300 e. The Hall–Kier alpha value is -0.373. The predicted molar refractivity (Wildman–Crippen MR) is 75.8 cm³/mol. The van der Waals surface area contributed by atoms with Gasteiger partial charge in [-0.3, -0.25) is 9.80 Å². The Morgan fingerprint density at radius 3 is 2.41 bits per heavy atom. The number of nitrogens with zero attached hydrogens (tertiary/aromatic N) is 3. The standard InChI is InChI=1S/C13H27N3Si/c1-13(2,3)16-10-9-15(8-6-7-14)11-12(16)17(4)5/h12,17H,6,8-11H2,1-5H3. The van der Waals surface area contributed by atoms with E-state index in [-0.39, 0.29) is 5.54 Å². The van der Waals surface area contributed by atoms with E-state index in [0.29, 0.717) is 6.42 Å². The second-order valence-electron chi connectivity index (χ2n) is 6.38. The van der Waals surface area contributed by atoms with Crippen molar-refractivity contribution < 1.29 is 0 Å². The summed E-state index contributed by atoms with van der Waals surface area (Å²) in [5.41, 5.74) is 1.03. The highest BCUT2D eigenvalue weighted by Gasteiger charge is 2.35. The molecule has 1 aliphatic rings. The van der Waals surface area contributed by atoms with Crippen molar-refractivity contribution >= 4 is 8.80 Å². The molecule has 0 aromatic carbocycles. The molecule has 1 heterocycles. The fourth-order valence-electron chi connectivity index (χ4n) is 2.68. The van der Waals surface area contributed by atoms with Crippen LogP contribution >= 0.6 is 0 Å². The number of hydrogen-bond donors (Lipinski definition) is 0. The van der Waals surface area contributed by atoms with Crippen LogP contribution in [0.25, 0.3) is 0 Å². The van der Waals surface area contributed by atoms with Crippen LogP contribution in [0.15, 0.2) is 0 Å². The van der Waals surface area contributed by atoms with Crippen molar-refractivity contribution in [1.29, 1.82) is 5.26 Å². The maximum atomic E-state index is 8.67. The van der Waals surface area contributed by atoms with Crippen LogP contribution in [-0.4, -0.2) is 56.0 Å². The Bertz CT molecular complexity index is 277. The molecule has 0 bridgehead atoms. The van der Waals surface area contributed by atoms with Crippen molar-refractivity contribution in [3.8, 4) is 6.07 Å². The third-order valence-electron chi connectivity index (χ3n) is 3.67. The van der Waals surface area contributed by atoms with Crippen molar-refractivity contribution in [3.05, 3.63) is 0 Å². The average Bonchev–Trinajstić information content (AvgIpc) is 2.24. The molecule has 1 rings (SSSR count). The monoisotopic (exact) mass is 253 g/mol. The quantitative estimate of drug-likeness (QED) is 0.717. The smallest absolute Gasteiger partial charge is 0.0635 e.